The summed E-state index contributed by atoms with van der Waals surface area (Å²) in [5.41, 5.74) is 8.67. The molecule has 0 fully saturated rings. The number of hydrogen-bond donors (Lipinski definition) is 0. The topological polar surface area (TPSA) is 0 Å². The van der Waals surface area contributed by atoms with E-state index in [1.165, 1.54) is 45.4 Å². The molecule has 0 N–H and O–H groups in total. The number of unbranched alkanes of at least 4 members (excludes halogenated alkanes) is 1. The zero-order chi connectivity index (χ0) is 17.6. The van der Waals surface area contributed by atoms with Gasteiger partial charge in [0.25, 0.3) is 0 Å². The molecule has 0 unspecified atom stereocenters. The SMILES string of the molecule is CCC/C=C/c1ccc(-c2ccc(-c3ccc(C)[c-]c3C)cc2)cc1.[Y].[Y]. The van der Waals surface area contributed by atoms with Gasteiger partial charge in [-0.2, -0.15) is 29.3 Å². The summed E-state index contributed by atoms with van der Waals surface area (Å²) in [6.07, 6.45) is 6.77. The molecule has 0 amide bonds. The Morgan fingerprint density at radius 2 is 1.30 bits per heavy atom. The van der Waals surface area contributed by atoms with E-state index >= 15 is 0 Å². The smallest absolute Gasteiger partial charge is 0 e. The number of aryl methyl sites for hydroxylation is 2. The minimum atomic E-state index is 0. The van der Waals surface area contributed by atoms with E-state index in [0.29, 0.717) is 0 Å². The van der Waals surface area contributed by atoms with Crippen LogP contribution in [0, 0.1) is 19.9 Å². The number of benzene rings is 3. The van der Waals surface area contributed by atoms with Crippen LogP contribution in [0.1, 0.15) is 36.5 Å². The van der Waals surface area contributed by atoms with Crippen molar-refractivity contribution in [2.45, 2.75) is 33.6 Å². The number of hydrogen-bond acceptors (Lipinski definition) is 0. The van der Waals surface area contributed by atoms with Gasteiger partial charge < -0.3 is 0 Å². The molecule has 3 aromatic carbocycles. The summed E-state index contributed by atoms with van der Waals surface area (Å²) in [5.74, 6) is 0. The van der Waals surface area contributed by atoms with E-state index in [4.69, 9.17) is 0 Å². The third-order valence-electron chi connectivity index (χ3n) is 4.49. The van der Waals surface area contributed by atoms with Crippen molar-refractivity contribution in [1.82, 2.24) is 0 Å². The van der Waals surface area contributed by atoms with Crippen LogP contribution in [0.25, 0.3) is 28.3 Å². The monoisotopic (exact) mass is 503 g/mol. The maximum atomic E-state index is 3.40. The molecule has 27 heavy (non-hydrogen) atoms. The molecule has 3 aromatic rings. The first kappa shape index (κ1) is 24.6. The number of rotatable bonds is 5. The van der Waals surface area contributed by atoms with Crippen molar-refractivity contribution in [3.05, 3.63) is 89.5 Å². The molecule has 132 valence electrons. The quantitative estimate of drug-likeness (QED) is 0.322. The molecule has 0 bridgehead atoms. The molecule has 2 radical (unpaired) electrons. The molecule has 0 aliphatic rings. The van der Waals surface area contributed by atoms with Gasteiger partial charge in [0.05, 0.1) is 0 Å². The number of allylic oxidation sites excluding steroid dienone is 1. The maximum absolute atomic E-state index is 3.40. The average Bonchev–Trinajstić information content (AvgIpc) is 2.63. The first-order chi connectivity index (χ1) is 12.2. The van der Waals surface area contributed by atoms with Crippen molar-refractivity contribution in [3.63, 3.8) is 0 Å². The van der Waals surface area contributed by atoms with Crippen LogP contribution in [0.15, 0.2) is 66.7 Å². The Labute approximate surface area is 214 Å². The molecule has 0 heterocycles. The van der Waals surface area contributed by atoms with Crippen molar-refractivity contribution in [2.75, 3.05) is 0 Å². The van der Waals surface area contributed by atoms with Crippen LogP contribution in [0.3, 0.4) is 0 Å². The van der Waals surface area contributed by atoms with Crippen molar-refractivity contribution in [2.24, 2.45) is 0 Å². The van der Waals surface area contributed by atoms with Crippen LogP contribution >= 0.6 is 0 Å². The molecule has 0 aliphatic carbocycles. The van der Waals surface area contributed by atoms with Crippen molar-refractivity contribution >= 4 is 6.08 Å². The summed E-state index contributed by atoms with van der Waals surface area (Å²) in [6.45, 7) is 6.41. The van der Waals surface area contributed by atoms with Gasteiger partial charge >= 0.3 is 0 Å². The molecule has 2 heteroatoms. The summed E-state index contributed by atoms with van der Waals surface area (Å²) in [5, 5.41) is 0. The van der Waals surface area contributed by atoms with Crippen LogP contribution < -0.4 is 0 Å². The molecule has 0 saturated heterocycles. The third-order valence-corrected chi connectivity index (χ3v) is 4.49. The maximum Gasteiger partial charge on any atom is 0 e. The van der Waals surface area contributed by atoms with E-state index in [9.17, 15) is 0 Å². The van der Waals surface area contributed by atoms with Crippen LogP contribution in [0.5, 0.6) is 0 Å². The molecule has 0 atom stereocenters. The zero-order valence-corrected chi connectivity index (χ0v) is 22.2. The van der Waals surface area contributed by atoms with Crippen LogP contribution in [-0.2, 0) is 65.4 Å². The summed E-state index contributed by atoms with van der Waals surface area (Å²) in [4.78, 5) is 0. The average molecular weight is 503 g/mol. The van der Waals surface area contributed by atoms with Gasteiger partial charge in [0.1, 0.15) is 0 Å². The standard InChI is InChI=1S/C25H25.2Y/c1-4-5-6-7-21-9-11-22(12-10-21)23-13-15-24(16-14-23)25-17-8-19(2)18-20(25)3;;/h6-17H,4-5H2,1-3H3;;/q-1;;/b7-6+;;. The normalized spacial score (nSPS) is 10.3. The minimum absolute atomic E-state index is 0. The fourth-order valence-electron chi connectivity index (χ4n) is 3.07. The summed E-state index contributed by atoms with van der Waals surface area (Å²) >= 11 is 0. The predicted molar refractivity (Wildman–Crippen MR) is 110 cm³/mol. The summed E-state index contributed by atoms with van der Waals surface area (Å²) < 4.78 is 0. The van der Waals surface area contributed by atoms with E-state index < -0.39 is 0 Å². The Bertz CT molecular complexity index is 860. The van der Waals surface area contributed by atoms with Crippen molar-refractivity contribution < 1.29 is 65.4 Å². The molecule has 0 nitrogen and oxygen atoms in total. The van der Waals surface area contributed by atoms with Gasteiger partial charge in [0, 0.05) is 65.4 Å². The molecular weight excluding hydrogens is 478 g/mol. The molecular formula is C25H25Y2-. The second-order valence-corrected chi connectivity index (χ2v) is 6.57. The first-order valence-corrected chi connectivity index (χ1v) is 9.04. The molecule has 3 rings (SSSR count). The van der Waals surface area contributed by atoms with Gasteiger partial charge in [-0.15, -0.1) is 5.56 Å². The first-order valence-electron chi connectivity index (χ1n) is 9.04. The summed E-state index contributed by atoms with van der Waals surface area (Å²) in [6, 6.07) is 25.3. The third kappa shape index (κ3) is 6.86. The van der Waals surface area contributed by atoms with E-state index in [2.05, 4.69) is 99.7 Å². The van der Waals surface area contributed by atoms with Crippen LogP contribution in [-0.4, -0.2) is 0 Å². The van der Waals surface area contributed by atoms with Gasteiger partial charge in [-0.25, -0.2) is 0 Å². The molecule has 0 aliphatic heterocycles. The zero-order valence-electron chi connectivity index (χ0n) is 16.5. The van der Waals surface area contributed by atoms with Gasteiger partial charge in [-0.05, 0) is 23.1 Å². The Hall–Kier alpha value is -0.392. The Morgan fingerprint density at radius 1 is 0.741 bits per heavy atom. The van der Waals surface area contributed by atoms with Gasteiger partial charge in [-0.1, -0.05) is 93.4 Å². The molecule has 0 spiro atoms. The second kappa shape index (κ2) is 12.2. The van der Waals surface area contributed by atoms with Gasteiger partial charge in [0.15, 0.2) is 0 Å². The molecule has 0 aromatic heterocycles. The van der Waals surface area contributed by atoms with Gasteiger partial charge in [0.2, 0.25) is 0 Å². The Morgan fingerprint density at radius 3 is 1.85 bits per heavy atom. The minimum Gasteiger partial charge on any atom is -0.177 e. The van der Waals surface area contributed by atoms with Crippen molar-refractivity contribution in [3.8, 4) is 22.3 Å². The van der Waals surface area contributed by atoms with Crippen molar-refractivity contribution in [1.29, 1.82) is 0 Å². The fourth-order valence-corrected chi connectivity index (χ4v) is 3.07. The molecule has 0 saturated carbocycles. The fraction of sp³-hybridized carbons (Fsp3) is 0.200. The largest absolute Gasteiger partial charge is 0.177 e. The Kier molecular flexibility index (Phi) is 11.2. The summed E-state index contributed by atoms with van der Waals surface area (Å²) in [7, 11) is 0. The van der Waals surface area contributed by atoms with Gasteiger partial charge in [-0.3, -0.25) is 0 Å². The predicted octanol–water partition coefficient (Wildman–Crippen LogP) is 7.25. The van der Waals surface area contributed by atoms with Crippen LogP contribution in [0.2, 0.25) is 0 Å². The second-order valence-electron chi connectivity index (χ2n) is 6.57. The van der Waals surface area contributed by atoms with E-state index in [1.807, 2.05) is 0 Å². The Balaban J connectivity index is 0.00000182. The van der Waals surface area contributed by atoms with E-state index in [1.54, 1.807) is 0 Å². The van der Waals surface area contributed by atoms with E-state index in [-0.39, 0.29) is 65.4 Å². The van der Waals surface area contributed by atoms with E-state index in [0.717, 1.165) is 6.42 Å². The van der Waals surface area contributed by atoms with Crippen LogP contribution in [0.4, 0.5) is 0 Å².